The Morgan fingerprint density at radius 3 is 2.45 bits per heavy atom. The smallest absolute Gasteiger partial charge is 0.232 e. The molecule has 0 saturated heterocycles. The largest absolute Gasteiger partial charge is 0.294 e. The number of ketones is 1. The van der Waals surface area contributed by atoms with Crippen LogP contribution in [0.3, 0.4) is 0 Å². The molecule has 1 heterocycles. The van der Waals surface area contributed by atoms with Crippen LogP contribution in [0.2, 0.25) is 0 Å². The normalized spacial score (nSPS) is 20.9. The van der Waals surface area contributed by atoms with Crippen molar-refractivity contribution >= 4 is 44.1 Å². The van der Waals surface area contributed by atoms with Gasteiger partial charge in [0.05, 0.1) is 0 Å². The minimum absolute atomic E-state index is 0.0421. The number of allylic oxidation sites excluding steroid dienone is 2. The molecule has 3 nitrogen and oxygen atoms in total. The molecule has 3 aromatic carbocycles. The maximum Gasteiger partial charge on any atom is 0.232 e. The Balaban J connectivity index is 1.69. The molecule has 4 heteroatoms. The zero-order valence-electron chi connectivity index (χ0n) is 17.7. The predicted molar refractivity (Wildman–Crippen MR) is 128 cm³/mol. The number of Topliss-reactive ketones (excluding diaryl/α,β-unsaturated/α-hetero) is 1. The van der Waals surface area contributed by atoms with Crippen molar-refractivity contribution in [2.45, 2.75) is 39.0 Å². The van der Waals surface area contributed by atoms with Crippen LogP contribution >= 0.6 is 15.9 Å². The van der Waals surface area contributed by atoms with Gasteiger partial charge in [0, 0.05) is 40.2 Å². The number of carbonyl (C=O) groups excluding carboxylic acids is 2. The number of benzene rings is 3. The van der Waals surface area contributed by atoms with Gasteiger partial charge in [-0.15, -0.1) is 0 Å². The average Bonchev–Trinajstić information content (AvgIpc) is 2.71. The van der Waals surface area contributed by atoms with Crippen molar-refractivity contribution in [3.63, 3.8) is 0 Å². The maximum atomic E-state index is 13.5. The van der Waals surface area contributed by atoms with E-state index in [1.54, 1.807) is 4.90 Å². The molecule has 0 bridgehead atoms. The fourth-order valence-electron chi connectivity index (χ4n) is 5.04. The fraction of sp³-hybridized carbons (Fsp3) is 0.259. The van der Waals surface area contributed by atoms with Crippen LogP contribution in [0.4, 0.5) is 5.69 Å². The number of hydrogen-bond donors (Lipinski definition) is 0. The second-order valence-electron chi connectivity index (χ2n) is 9.37. The second kappa shape index (κ2) is 7.45. The van der Waals surface area contributed by atoms with Crippen LogP contribution < -0.4 is 4.90 Å². The van der Waals surface area contributed by atoms with Crippen LogP contribution in [-0.2, 0) is 9.59 Å². The quantitative estimate of drug-likeness (QED) is 0.411. The lowest BCUT2D eigenvalue weighted by Gasteiger charge is -2.43. The monoisotopic (exact) mass is 473 g/mol. The molecule has 0 aromatic heterocycles. The van der Waals surface area contributed by atoms with Gasteiger partial charge in [0.1, 0.15) is 0 Å². The Hall–Kier alpha value is -2.72. The topological polar surface area (TPSA) is 37.4 Å². The molecule has 3 aromatic rings. The van der Waals surface area contributed by atoms with Gasteiger partial charge in [-0.1, -0.05) is 78.3 Å². The minimum Gasteiger partial charge on any atom is -0.294 e. The van der Waals surface area contributed by atoms with Gasteiger partial charge >= 0.3 is 0 Å². The molecule has 1 unspecified atom stereocenters. The molecule has 1 aliphatic carbocycles. The van der Waals surface area contributed by atoms with E-state index in [1.165, 1.54) is 0 Å². The summed E-state index contributed by atoms with van der Waals surface area (Å²) in [5.74, 6) is 0.0107. The molecule has 1 amide bonds. The molecule has 5 rings (SSSR count). The summed E-state index contributed by atoms with van der Waals surface area (Å²) in [4.78, 5) is 28.7. The van der Waals surface area contributed by atoms with Crippen molar-refractivity contribution in [3.05, 3.63) is 88.0 Å². The highest BCUT2D eigenvalue weighted by molar-refractivity contribution is 9.10. The number of halogens is 1. The number of fused-ring (bicyclic) bond motifs is 1. The van der Waals surface area contributed by atoms with E-state index in [4.69, 9.17) is 0 Å². The fourth-order valence-corrected chi connectivity index (χ4v) is 5.43. The van der Waals surface area contributed by atoms with Crippen molar-refractivity contribution in [2.24, 2.45) is 5.41 Å². The summed E-state index contributed by atoms with van der Waals surface area (Å²) in [6, 6.07) is 22.3. The lowest BCUT2D eigenvalue weighted by Crippen LogP contribution is -2.43. The van der Waals surface area contributed by atoms with Crippen molar-refractivity contribution in [1.29, 1.82) is 0 Å². The third-order valence-corrected chi connectivity index (χ3v) is 6.88. The van der Waals surface area contributed by atoms with Crippen LogP contribution in [0, 0.1) is 5.41 Å². The zero-order valence-corrected chi connectivity index (χ0v) is 19.3. The van der Waals surface area contributed by atoms with Crippen molar-refractivity contribution < 1.29 is 9.59 Å². The molecule has 0 spiro atoms. The summed E-state index contributed by atoms with van der Waals surface area (Å²) >= 11 is 3.52. The van der Waals surface area contributed by atoms with Gasteiger partial charge in [-0.25, -0.2) is 0 Å². The van der Waals surface area contributed by atoms with Gasteiger partial charge in [0.2, 0.25) is 5.91 Å². The average molecular weight is 474 g/mol. The van der Waals surface area contributed by atoms with Gasteiger partial charge < -0.3 is 0 Å². The summed E-state index contributed by atoms with van der Waals surface area (Å²) in [6.07, 6.45) is 1.52. The number of rotatable bonds is 2. The Morgan fingerprint density at radius 1 is 0.903 bits per heavy atom. The predicted octanol–water partition coefficient (Wildman–Crippen LogP) is 6.77. The minimum atomic E-state index is -0.195. The third kappa shape index (κ3) is 3.63. The number of amides is 1. The van der Waals surface area contributed by atoms with E-state index in [0.717, 1.165) is 37.8 Å². The number of hydrogen-bond acceptors (Lipinski definition) is 2. The molecule has 2 aliphatic rings. The molecule has 1 atom stereocenters. The standard InChI is InChI=1S/C27H24BrNO2/c1-27(2)15-23-26(24(30)16-27)22(19-11-10-17-6-3-4-7-18(17)12-19)14-25(31)29(23)21-9-5-8-20(28)13-21/h3-13,22H,14-16H2,1-2H3. The first-order chi connectivity index (χ1) is 14.8. The molecular formula is C27H24BrNO2. The molecule has 31 heavy (non-hydrogen) atoms. The third-order valence-electron chi connectivity index (χ3n) is 6.39. The second-order valence-corrected chi connectivity index (χ2v) is 10.3. The Bertz CT molecular complexity index is 1260. The van der Waals surface area contributed by atoms with Crippen LogP contribution in [0.1, 0.15) is 44.6 Å². The summed E-state index contributed by atoms with van der Waals surface area (Å²) in [5, 5.41) is 2.29. The lowest BCUT2D eigenvalue weighted by atomic mass is 9.69. The van der Waals surface area contributed by atoms with Crippen LogP contribution in [0.5, 0.6) is 0 Å². The van der Waals surface area contributed by atoms with Crippen molar-refractivity contribution in [3.8, 4) is 0 Å². The van der Waals surface area contributed by atoms with E-state index in [2.05, 4.69) is 60.1 Å². The molecule has 156 valence electrons. The molecule has 0 N–H and O–H groups in total. The van der Waals surface area contributed by atoms with E-state index in [0.29, 0.717) is 19.3 Å². The van der Waals surface area contributed by atoms with Crippen LogP contribution in [0.25, 0.3) is 10.8 Å². The van der Waals surface area contributed by atoms with E-state index in [9.17, 15) is 9.59 Å². The Morgan fingerprint density at radius 2 is 1.68 bits per heavy atom. The first-order valence-corrected chi connectivity index (χ1v) is 11.5. The van der Waals surface area contributed by atoms with E-state index >= 15 is 0 Å². The first-order valence-electron chi connectivity index (χ1n) is 10.7. The molecule has 1 aliphatic heterocycles. The summed E-state index contributed by atoms with van der Waals surface area (Å²) < 4.78 is 0.915. The van der Waals surface area contributed by atoms with Crippen LogP contribution in [-0.4, -0.2) is 11.7 Å². The lowest BCUT2D eigenvalue weighted by molar-refractivity contribution is -0.121. The summed E-state index contributed by atoms with van der Waals surface area (Å²) in [5.41, 5.74) is 3.37. The summed E-state index contributed by atoms with van der Waals surface area (Å²) in [7, 11) is 0. The highest BCUT2D eigenvalue weighted by Gasteiger charge is 2.44. The zero-order chi connectivity index (χ0) is 21.8. The number of nitrogens with zero attached hydrogens (tertiary/aromatic N) is 1. The van der Waals surface area contributed by atoms with E-state index in [-0.39, 0.29) is 23.0 Å². The molecular weight excluding hydrogens is 450 g/mol. The van der Waals surface area contributed by atoms with E-state index in [1.807, 2.05) is 36.4 Å². The van der Waals surface area contributed by atoms with Gasteiger partial charge in [0.15, 0.2) is 5.78 Å². The number of carbonyl (C=O) groups is 2. The van der Waals surface area contributed by atoms with Gasteiger partial charge in [-0.2, -0.15) is 0 Å². The highest BCUT2D eigenvalue weighted by atomic mass is 79.9. The van der Waals surface area contributed by atoms with Crippen LogP contribution in [0.15, 0.2) is 82.5 Å². The van der Waals surface area contributed by atoms with Gasteiger partial charge in [-0.3, -0.25) is 14.5 Å². The molecule has 0 radical (unpaired) electrons. The molecule has 0 fully saturated rings. The van der Waals surface area contributed by atoms with Crippen molar-refractivity contribution in [1.82, 2.24) is 0 Å². The summed E-state index contributed by atoms with van der Waals surface area (Å²) in [6.45, 7) is 4.22. The van der Waals surface area contributed by atoms with Crippen molar-refractivity contribution in [2.75, 3.05) is 4.90 Å². The SMILES string of the molecule is CC1(C)CC(=O)C2=C(C1)N(c1cccc(Br)c1)C(=O)CC2c1ccc2ccccc2c1. The van der Waals surface area contributed by atoms with E-state index < -0.39 is 0 Å². The van der Waals surface area contributed by atoms with Gasteiger partial charge in [-0.05, 0) is 46.4 Å². The highest BCUT2D eigenvalue weighted by Crippen LogP contribution is 2.48. The maximum absolute atomic E-state index is 13.5. The number of anilines is 1. The Labute approximate surface area is 190 Å². The first kappa shape index (κ1) is 20.2. The Kier molecular flexibility index (Phi) is 4.86. The van der Waals surface area contributed by atoms with Gasteiger partial charge in [0.25, 0.3) is 0 Å². The molecule has 0 saturated carbocycles.